The summed E-state index contributed by atoms with van der Waals surface area (Å²) in [5.41, 5.74) is 4.59. The number of hydrogen-bond donors (Lipinski definition) is 2. The van der Waals surface area contributed by atoms with Gasteiger partial charge in [0.1, 0.15) is 5.54 Å². The maximum absolute atomic E-state index is 12.6. The van der Waals surface area contributed by atoms with Crippen molar-refractivity contribution >= 4 is 5.97 Å². The molecular weight excluding hydrogens is 261 g/mol. The van der Waals surface area contributed by atoms with Gasteiger partial charge in [-0.2, -0.15) is 13.2 Å². The number of aliphatic carboxylic acids is 1. The van der Waals surface area contributed by atoms with Crippen LogP contribution in [0, 0.1) is 5.92 Å². The Morgan fingerprint density at radius 3 is 2.26 bits per heavy atom. The lowest BCUT2D eigenvalue weighted by Crippen LogP contribution is -2.48. The van der Waals surface area contributed by atoms with E-state index in [-0.39, 0.29) is 18.9 Å². The van der Waals surface area contributed by atoms with Gasteiger partial charge in [0.15, 0.2) is 0 Å². The molecule has 19 heavy (non-hydrogen) atoms. The predicted molar refractivity (Wildman–Crippen MR) is 62.5 cm³/mol. The minimum atomic E-state index is -4.11. The van der Waals surface area contributed by atoms with E-state index in [0.29, 0.717) is 32.4 Å². The highest BCUT2D eigenvalue weighted by Gasteiger charge is 2.46. The van der Waals surface area contributed by atoms with E-state index in [9.17, 15) is 18.0 Å². The molecule has 0 amide bonds. The number of rotatable bonds is 2. The maximum atomic E-state index is 12.6. The SMILES string of the molecule is NC1(C(=O)O)CCC(N2CCC(C(F)(F)F)CC2)C1. The van der Waals surface area contributed by atoms with Crippen molar-refractivity contribution in [2.45, 2.75) is 49.9 Å². The van der Waals surface area contributed by atoms with E-state index >= 15 is 0 Å². The number of hydrogen-bond acceptors (Lipinski definition) is 3. The first-order valence-corrected chi connectivity index (χ1v) is 6.55. The van der Waals surface area contributed by atoms with Crippen molar-refractivity contribution in [1.82, 2.24) is 4.90 Å². The molecule has 1 saturated heterocycles. The van der Waals surface area contributed by atoms with Crippen LogP contribution >= 0.6 is 0 Å². The lowest BCUT2D eigenvalue weighted by Gasteiger charge is -2.37. The van der Waals surface area contributed by atoms with Crippen LogP contribution in [0.25, 0.3) is 0 Å². The van der Waals surface area contributed by atoms with Crippen molar-refractivity contribution in [2.75, 3.05) is 13.1 Å². The summed E-state index contributed by atoms with van der Waals surface area (Å²) in [6.07, 6.45) is -2.53. The Morgan fingerprint density at radius 2 is 1.84 bits per heavy atom. The smallest absolute Gasteiger partial charge is 0.391 e. The molecule has 0 aromatic rings. The van der Waals surface area contributed by atoms with E-state index in [1.54, 1.807) is 0 Å². The molecule has 2 unspecified atom stereocenters. The van der Waals surface area contributed by atoms with Crippen molar-refractivity contribution in [3.63, 3.8) is 0 Å². The van der Waals surface area contributed by atoms with Crippen LogP contribution in [0.1, 0.15) is 32.1 Å². The summed E-state index contributed by atoms with van der Waals surface area (Å²) in [5.74, 6) is -2.23. The molecular formula is C12H19F3N2O2. The Labute approximate surface area is 109 Å². The zero-order chi connectivity index (χ0) is 14.3. The quantitative estimate of drug-likeness (QED) is 0.806. The van der Waals surface area contributed by atoms with Crippen molar-refractivity contribution in [3.8, 4) is 0 Å². The number of halogens is 3. The minimum absolute atomic E-state index is 0.00952. The fraction of sp³-hybridized carbons (Fsp3) is 0.917. The van der Waals surface area contributed by atoms with Gasteiger partial charge < -0.3 is 15.7 Å². The van der Waals surface area contributed by atoms with Crippen LogP contribution in [0.3, 0.4) is 0 Å². The van der Waals surface area contributed by atoms with Crippen molar-refractivity contribution in [3.05, 3.63) is 0 Å². The molecule has 0 radical (unpaired) electrons. The average Bonchev–Trinajstić information content (AvgIpc) is 2.72. The van der Waals surface area contributed by atoms with Crippen LogP contribution < -0.4 is 5.73 Å². The molecule has 1 saturated carbocycles. The van der Waals surface area contributed by atoms with E-state index in [2.05, 4.69) is 0 Å². The lowest BCUT2D eigenvalue weighted by atomic mass is 9.94. The van der Waals surface area contributed by atoms with Gasteiger partial charge in [0.2, 0.25) is 0 Å². The van der Waals surface area contributed by atoms with E-state index in [0.717, 1.165) is 0 Å². The minimum Gasteiger partial charge on any atom is -0.480 e. The number of alkyl halides is 3. The third-order valence-electron chi connectivity index (χ3n) is 4.46. The topological polar surface area (TPSA) is 66.6 Å². The zero-order valence-electron chi connectivity index (χ0n) is 10.6. The molecule has 2 aliphatic rings. The molecule has 110 valence electrons. The predicted octanol–water partition coefficient (Wildman–Crippen LogP) is 1.60. The molecule has 0 bridgehead atoms. The highest BCUT2D eigenvalue weighted by Crippen LogP contribution is 2.37. The number of nitrogens with zero attached hydrogens (tertiary/aromatic N) is 1. The van der Waals surface area contributed by atoms with Gasteiger partial charge in [-0.15, -0.1) is 0 Å². The highest BCUT2D eigenvalue weighted by molar-refractivity contribution is 5.79. The van der Waals surface area contributed by atoms with Crippen LogP contribution in [0.5, 0.6) is 0 Å². The van der Waals surface area contributed by atoms with Gasteiger partial charge in [0.05, 0.1) is 5.92 Å². The van der Waals surface area contributed by atoms with E-state index in [1.807, 2.05) is 4.90 Å². The number of piperidine rings is 1. The normalized spacial score (nSPS) is 34.6. The summed E-state index contributed by atoms with van der Waals surface area (Å²) in [7, 11) is 0. The van der Waals surface area contributed by atoms with Gasteiger partial charge in [-0.1, -0.05) is 0 Å². The first-order chi connectivity index (χ1) is 8.72. The Bertz CT molecular complexity index is 353. The monoisotopic (exact) mass is 280 g/mol. The number of nitrogens with two attached hydrogens (primary N) is 1. The third-order valence-corrected chi connectivity index (χ3v) is 4.46. The molecule has 0 spiro atoms. The summed E-state index contributed by atoms with van der Waals surface area (Å²) in [5, 5.41) is 9.05. The maximum Gasteiger partial charge on any atom is 0.391 e. The van der Waals surface area contributed by atoms with E-state index in [4.69, 9.17) is 10.8 Å². The molecule has 2 fully saturated rings. The zero-order valence-corrected chi connectivity index (χ0v) is 10.6. The molecule has 4 nitrogen and oxygen atoms in total. The molecule has 1 aliphatic heterocycles. The molecule has 1 heterocycles. The summed E-state index contributed by atoms with van der Waals surface area (Å²) in [6, 6.07) is 0.00952. The third kappa shape index (κ3) is 3.02. The second-order valence-corrected chi connectivity index (χ2v) is 5.71. The molecule has 0 aromatic carbocycles. The fourth-order valence-electron chi connectivity index (χ4n) is 3.15. The lowest BCUT2D eigenvalue weighted by molar-refractivity contribution is -0.186. The Morgan fingerprint density at radius 1 is 1.26 bits per heavy atom. The largest absolute Gasteiger partial charge is 0.480 e. The van der Waals surface area contributed by atoms with Gasteiger partial charge in [0.25, 0.3) is 0 Å². The van der Waals surface area contributed by atoms with Gasteiger partial charge in [-0.25, -0.2) is 0 Å². The summed E-state index contributed by atoms with van der Waals surface area (Å²) in [4.78, 5) is 13.0. The van der Waals surface area contributed by atoms with Gasteiger partial charge in [0, 0.05) is 6.04 Å². The number of carboxylic acid groups (broad SMARTS) is 1. The summed E-state index contributed by atoms with van der Waals surface area (Å²) in [6.45, 7) is 0.759. The van der Waals surface area contributed by atoms with Crippen molar-refractivity contribution < 1.29 is 23.1 Å². The second-order valence-electron chi connectivity index (χ2n) is 5.71. The van der Waals surface area contributed by atoms with Crippen molar-refractivity contribution in [1.29, 1.82) is 0 Å². The standard InChI is InChI=1S/C12H19F3N2O2/c13-12(14,15)8-2-5-17(6-3-8)9-1-4-11(16,7-9)10(18)19/h8-9H,1-7,16H2,(H,18,19). The molecule has 3 N–H and O–H groups in total. The van der Waals surface area contributed by atoms with E-state index in [1.165, 1.54) is 0 Å². The number of likely N-dealkylation sites (tertiary alicyclic amines) is 1. The first-order valence-electron chi connectivity index (χ1n) is 6.55. The molecule has 2 rings (SSSR count). The Hall–Kier alpha value is -0.820. The Kier molecular flexibility index (Phi) is 3.79. The van der Waals surface area contributed by atoms with Gasteiger partial charge >= 0.3 is 12.1 Å². The van der Waals surface area contributed by atoms with Gasteiger partial charge in [-0.05, 0) is 45.2 Å². The highest BCUT2D eigenvalue weighted by atomic mass is 19.4. The fourth-order valence-corrected chi connectivity index (χ4v) is 3.15. The Balaban J connectivity index is 1.88. The number of carboxylic acids is 1. The van der Waals surface area contributed by atoms with Crippen LogP contribution in [-0.4, -0.2) is 46.8 Å². The molecule has 0 aromatic heterocycles. The van der Waals surface area contributed by atoms with Crippen LogP contribution in [0.4, 0.5) is 13.2 Å². The van der Waals surface area contributed by atoms with Crippen LogP contribution in [-0.2, 0) is 4.79 Å². The number of carbonyl (C=O) groups is 1. The summed E-state index contributed by atoms with van der Waals surface area (Å²) < 4.78 is 37.7. The van der Waals surface area contributed by atoms with Crippen molar-refractivity contribution in [2.24, 2.45) is 11.7 Å². The van der Waals surface area contributed by atoms with E-state index < -0.39 is 23.6 Å². The molecule has 2 atom stereocenters. The first kappa shape index (κ1) is 14.6. The average molecular weight is 280 g/mol. The molecule has 7 heteroatoms. The molecule has 1 aliphatic carbocycles. The van der Waals surface area contributed by atoms with Gasteiger partial charge in [-0.3, -0.25) is 4.79 Å². The second kappa shape index (κ2) is 4.94. The van der Waals surface area contributed by atoms with Crippen LogP contribution in [0.15, 0.2) is 0 Å². The summed E-state index contributed by atoms with van der Waals surface area (Å²) >= 11 is 0. The van der Waals surface area contributed by atoms with Crippen LogP contribution in [0.2, 0.25) is 0 Å².